The first kappa shape index (κ1) is 15.6. The van der Waals surface area contributed by atoms with Crippen LogP contribution in [0.2, 0.25) is 0 Å². The minimum atomic E-state index is -0.131. The third-order valence-electron chi connectivity index (χ3n) is 4.25. The van der Waals surface area contributed by atoms with Crippen molar-refractivity contribution in [3.8, 4) is 0 Å². The van der Waals surface area contributed by atoms with Gasteiger partial charge in [-0.3, -0.25) is 4.79 Å². The van der Waals surface area contributed by atoms with Gasteiger partial charge in [0.25, 0.3) is 5.91 Å². The van der Waals surface area contributed by atoms with Crippen molar-refractivity contribution in [2.24, 2.45) is 0 Å². The first-order valence-corrected chi connectivity index (χ1v) is 8.19. The molecule has 0 saturated carbocycles. The van der Waals surface area contributed by atoms with Gasteiger partial charge < -0.3 is 16.0 Å². The molecule has 0 bridgehead atoms. The van der Waals surface area contributed by atoms with Gasteiger partial charge in [-0.15, -0.1) is 0 Å². The van der Waals surface area contributed by atoms with Crippen LogP contribution in [0.3, 0.4) is 0 Å². The maximum Gasteiger partial charge on any atom is 0.255 e. The molecule has 23 heavy (non-hydrogen) atoms. The number of nitrogens with zero attached hydrogens (tertiary/aromatic N) is 1. The minimum absolute atomic E-state index is 0.131. The Bertz CT molecular complexity index is 678. The number of nitrogens with one attached hydrogen (secondary N) is 1. The molecule has 2 aromatic rings. The summed E-state index contributed by atoms with van der Waals surface area (Å²) in [7, 11) is 0. The molecule has 1 saturated heterocycles. The lowest BCUT2D eigenvalue weighted by molar-refractivity contribution is 0.102. The molecule has 120 valence electrons. The number of carbonyl (C=O) groups is 1. The first-order chi connectivity index (χ1) is 11.2. The van der Waals surface area contributed by atoms with E-state index in [2.05, 4.69) is 22.3 Å². The van der Waals surface area contributed by atoms with E-state index in [9.17, 15) is 4.79 Å². The molecule has 0 unspecified atom stereocenters. The van der Waals surface area contributed by atoms with Crippen LogP contribution in [-0.2, 0) is 6.42 Å². The van der Waals surface area contributed by atoms with Crippen LogP contribution < -0.4 is 11.1 Å². The highest BCUT2D eigenvalue weighted by Gasteiger charge is 2.11. The normalized spacial score (nSPS) is 14.8. The molecule has 0 radical (unpaired) electrons. The molecule has 0 atom stereocenters. The van der Waals surface area contributed by atoms with Crippen molar-refractivity contribution in [3.63, 3.8) is 0 Å². The van der Waals surface area contributed by atoms with Gasteiger partial charge in [-0.25, -0.2) is 0 Å². The van der Waals surface area contributed by atoms with Crippen LogP contribution in [0.1, 0.15) is 28.8 Å². The summed E-state index contributed by atoms with van der Waals surface area (Å²) in [6.07, 6.45) is 3.65. The van der Waals surface area contributed by atoms with Crippen LogP contribution in [0.15, 0.2) is 48.5 Å². The van der Waals surface area contributed by atoms with E-state index >= 15 is 0 Å². The number of nitrogens with two attached hydrogens (primary N) is 1. The Hall–Kier alpha value is -2.33. The number of benzene rings is 2. The van der Waals surface area contributed by atoms with E-state index in [-0.39, 0.29) is 5.91 Å². The zero-order chi connectivity index (χ0) is 16.1. The fourth-order valence-corrected chi connectivity index (χ4v) is 2.98. The summed E-state index contributed by atoms with van der Waals surface area (Å²) in [5.74, 6) is -0.131. The second-order valence-corrected chi connectivity index (χ2v) is 6.08. The molecule has 4 heteroatoms. The van der Waals surface area contributed by atoms with E-state index in [1.165, 1.54) is 31.5 Å². The molecule has 0 aliphatic carbocycles. The topological polar surface area (TPSA) is 58.4 Å². The van der Waals surface area contributed by atoms with Gasteiger partial charge >= 0.3 is 0 Å². The second kappa shape index (κ2) is 7.29. The third-order valence-corrected chi connectivity index (χ3v) is 4.25. The number of hydrogen-bond donors (Lipinski definition) is 2. The maximum atomic E-state index is 12.3. The molecule has 1 fully saturated rings. The molecule has 1 heterocycles. The quantitative estimate of drug-likeness (QED) is 0.834. The standard InChI is InChI=1S/C19H23N3O/c20-17-7-4-6-16(14-17)19(23)21-18-8-3-5-15(13-18)9-12-22-10-1-2-11-22/h3-8,13-14H,1-2,9-12,20H2,(H,21,23). The van der Waals surface area contributed by atoms with Crippen LogP contribution in [-0.4, -0.2) is 30.4 Å². The molecule has 1 amide bonds. The van der Waals surface area contributed by atoms with Crippen molar-refractivity contribution in [2.75, 3.05) is 30.7 Å². The lowest BCUT2D eigenvalue weighted by Gasteiger charge is -2.14. The summed E-state index contributed by atoms with van der Waals surface area (Å²) in [5, 5.41) is 2.95. The van der Waals surface area contributed by atoms with E-state index in [1.54, 1.807) is 24.3 Å². The second-order valence-electron chi connectivity index (χ2n) is 6.08. The van der Waals surface area contributed by atoms with Crippen LogP contribution in [0.4, 0.5) is 11.4 Å². The fourth-order valence-electron chi connectivity index (χ4n) is 2.98. The number of hydrogen-bond acceptors (Lipinski definition) is 3. The van der Waals surface area contributed by atoms with E-state index in [0.29, 0.717) is 11.3 Å². The summed E-state index contributed by atoms with van der Waals surface area (Å²) in [6, 6.07) is 15.1. The summed E-state index contributed by atoms with van der Waals surface area (Å²) in [5.41, 5.74) is 8.98. The molecule has 0 spiro atoms. The van der Waals surface area contributed by atoms with Gasteiger partial charge in [-0.1, -0.05) is 18.2 Å². The molecule has 1 aliphatic rings. The highest BCUT2D eigenvalue weighted by atomic mass is 16.1. The maximum absolute atomic E-state index is 12.3. The Labute approximate surface area is 137 Å². The number of rotatable bonds is 5. The number of amides is 1. The van der Waals surface area contributed by atoms with Crippen LogP contribution in [0.5, 0.6) is 0 Å². The van der Waals surface area contributed by atoms with Gasteiger partial charge in [0.05, 0.1) is 0 Å². The van der Waals surface area contributed by atoms with E-state index in [4.69, 9.17) is 5.73 Å². The predicted octanol–water partition coefficient (Wildman–Crippen LogP) is 3.16. The fraction of sp³-hybridized carbons (Fsp3) is 0.316. The van der Waals surface area contributed by atoms with E-state index in [0.717, 1.165) is 18.7 Å². The number of likely N-dealkylation sites (tertiary alicyclic amines) is 1. The smallest absolute Gasteiger partial charge is 0.255 e. The monoisotopic (exact) mass is 309 g/mol. The van der Waals surface area contributed by atoms with Crippen molar-refractivity contribution in [1.82, 2.24) is 4.90 Å². The molecular weight excluding hydrogens is 286 g/mol. The lowest BCUT2D eigenvalue weighted by atomic mass is 10.1. The zero-order valence-corrected chi connectivity index (χ0v) is 13.3. The molecular formula is C19H23N3O. The summed E-state index contributed by atoms with van der Waals surface area (Å²) < 4.78 is 0. The summed E-state index contributed by atoms with van der Waals surface area (Å²) in [4.78, 5) is 14.8. The Morgan fingerprint density at radius 2 is 1.87 bits per heavy atom. The van der Waals surface area contributed by atoms with Crippen LogP contribution in [0.25, 0.3) is 0 Å². The Morgan fingerprint density at radius 1 is 1.09 bits per heavy atom. The van der Waals surface area contributed by atoms with Gasteiger partial charge in [0.15, 0.2) is 0 Å². The van der Waals surface area contributed by atoms with Gasteiger partial charge in [-0.2, -0.15) is 0 Å². The van der Waals surface area contributed by atoms with Crippen molar-refractivity contribution in [2.45, 2.75) is 19.3 Å². The van der Waals surface area contributed by atoms with Crippen LogP contribution in [0, 0.1) is 0 Å². The van der Waals surface area contributed by atoms with Crippen molar-refractivity contribution >= 4 is 17.3 Å². The number of carbonyl (C=O) groups excluding carboxylic acids is 1. The van der Waals surface area contributed by atoms with Crippen molar-refractivity contribution in [3.05, 3.63) is 59.7 Å². The van der Waals surface area contributed by atoms with Crippen molar-refractivity contribution < 1.29 is 4.79 Å². The van der Waals surface area contributed by atoms with Gasteiger partial charge in [0.1, 0.15) is 0 Å². The average Bonchev–Trinajstić information content (AvgIpc) is 3.07. The average molecular weight is 309 g/mol. The SMILES string of the molecule is Nc1cccc(C(=O)Nc2cccc(CCN3CCCC3)c2)c1. The molecule has 2 aromatic carbocycles. The van der Waals surface area contributed by atoms with E-state index in [1.807, 2.05) is 12.1 Å². The third kappa shape index (κ3) is 4.33. The lowest BCUT2D eigenvalue weighted by Crippen LogP contribution is -2.22. The zero-order valence-electron chi connectivity index (χ0n) is 13.3. The van der Waals surface area contributed by atoms with Gasteiger partial charge in [-0.05, 0) is 68.2 Å². The van der Waals surface area contributed by atoms with Gasteiger partial charge in [0.2, 0.25) is 0 Å². The summed E-state index contributed by atoms with van der Waals surface area (Å²) in [6.45, 7) is 3.52. The summed E-state index contributed by atoms with van der Waals surface area (Å²) >= 11 is 0. The van der Waals surface area contributed by atoms with Gasteiger partial charge in [0, 0.05) is 23.5 Å². The highest BCUT2D eigenvalue weighted by Crippen LogP contribution is 2.15. The van der Waals surface area contributed by atoms with Crippen LogP contribution >= 0.6 is 0 Å². The minimum Gasteiger partial charge on any atom is -0.399 e. The number of nitrogen functional groups attached to an aromatic ring is 1. The molecule has 4 nitrogen and oxygen atoms in total. The Kier molecular flexibility index (Phi) is 4.93. The highest BCUT2D eigenvalue weighted by molar-refractivity contribution is 6.04. The Balaban J connectivity index is 1.61. The molecule has 3 N–H and O–H groups in total. The molecule has 1 aliphatic heterocycles. The Morgan fingerprint density at radius 3 is 2.65 bits per heavy atom. The molecule has 3 rings (SSSR count). The number of anilines is 2. The first-order valence-electron chi connectivity index (χ1n) is 8.19. The molecule has 0 aromatic heterocycles. The van der Waals surface area contributed by atoms with Crippen molar-refractivity contribution in [1.29, 1.82) is 0 Å². The van der Waals surface area contributed by atoms with E-state index < -0.39 is 0 Å². The predicted molar refractivity (Wildman–Crippen MR) is 94.6 cm³/mol. The largest absolute Gasteiger partial charge is 0.399 e.